The monoisotopic (exact) mass is 546 g/mol. The van der Waals surface area contributed by atoms with Gasteiger partial charge in [-0.3, -0.25) is 0 Å². The van der Waals surface area contributed by atoms with Crippen molar-refractivity contribution >= 4 is 10.8 Å². The highest BCUT2D eigenvalue weighted by molar-refractivity contribution is 5.96. The standard InChI is InChI=1S/C37H54O3/c1-4-6-8-10-12-13-14-15-17-19-27-40-33-22-25-35-31(29-33)20-23-36(37(35)38)34-24-21-32(28-30(34)3)39-26-18-16-11-9-7-5-2/h20-25,28-29,38H,4-19,26-27H2,1-3H3. The van der Waals surface area contributed by atoms with E-state index >= 15 is 0 Å². The van der Waals surface area contributed by atoms with Crippen molar-refractivity contribution in [3.8, 4) is 28.4 Å². The lowest BCUT2D eigenvalue weighted by Gasteiger charge is -2.14. The maximum Gasteiger partial charge on any atom is 0.131 e. The Hall–Kier alpha value is -2.68. The average Bonchev–Trinajstić information content (AvgIpc) is 2.96. The van der Waals surface area contributed by atoms with Crippen LogP contribution in [0.5, 0.6) is 17.2 Å². The second-order valence-electron chi connectivity index (χ2n) is 11.5. The van der Waals surface area contributed by atoms with Crippen molar-refractivity contribution in [3.63, 3.8) is 0 Å². The smallest absolute Gasteiger partial charge is 0.131 e. The Morgan fingerprint density at radius 3 is 1.55 bits per heavy atom. The molecule has 3 nitrogen and oxygen atoms in total. The maximum absolute atomic E-state index is 11.2. The van der Waals surface area contributed by atoms with Gasteiger partial charge in [0.1, 0.15) is 17.2 Å². The van der Waals surface area contributed by atoms with Gasteiger partial charge in [-0.2, -0.15) is 0 Å². The highest BCUT2D eigenvalue weighted by Gasteiger charge is 2.12. The molecule has 0 saturated carbocycles. The van der Waals surface area contributed by atoms with E-state index in [9.17, 15) is 5.11 Å². The van der Waals surface area contributed by atoms with Gasteiger partial charge in [-0.05, 0) is 66.6 Å². The zero-order valence-corrected chi connectivity index (χ0v) is 25.6. The lowest BCUT2D eigenvalue weighted by atomic mass is 9.96. The van der Waals surface area contributed by atoms with Gasteiger partial charge >= 0.3 is 0 Å². The van der Waals surface area contributed by atoms with Crippen LogP contribution in [0, 0.1) is 6.92 Å². The Morgan fingerprint density at radius 2 is 1.00 bits per heavy atom. The van der Waals surface area contributed by atoms with E-state index in [4.69, 9.17) is 9.47 Å². The molecule has 3 aromatic rings. The number of hydrogen-bond donors (Lipinski definition) is 1. The lowest BCUT2D eigenvalue weighted by molar-refractivity contribution is 0.304. The van der Waals surface area contributed by atoms with Gasteiger partial charge in [0, 0.05) is 10.9 Å². The van der Waals surface area contributed by atoms with E-state index in [0.29, 0.717) is 5.75 Å². The average molecular weight is 547 g/mol. The second-order valence-corrected chi connectivity index (χ2v) is 11.5. The lowest BCUT2D eigenvalue weighted by Crippen LogP contribution is -1.98. The van der Waals surface area contributed by atoms with Crippen molar-refractivity contribution in [2.45, 2.75) is 124 Å². The van der Waals surface area contributed by atoms with Gasteiger partial charge < -0.3 is 14.6 Å². The molecule has 0 amide bonds. The van der Waals surface area contributed by atoms with Crippen LogP contribution in [-0.4, -0.2) is 18.3 Å². The maximum atomic E-state index is 11.2. The van der Waals surface area contributed by atoms with E-state index in [1.165, 1.54) is 89.9 Å². The normalized spacial score (nSPS) is 11.3. The number of fused-ring (bicyclic) bond motifs is 1. The topological polar surface area (TPSA) is 38.7 Å². The predicted molar refractivity (Wildman–Crippen MR) is 172 cm³/mol. The van der Waals surface area contributed by atoms with Crippen LogP contribution in [0.4, 0.5) is 0 Å². The van der Waals surface area contributed by atoms with E-state index in [-0.39, 0.29) is 0 Å². The summed E-state index contributed by atoms with van der Waals surface area (Å²) in [5.74, 6) is 2.10. The molecule has 220 valence electrons. The molecule has 0 saturated heterocycles. The Bertz CT molecular complexity index is 1120. The molecule has 3 heteroatoms. The summed E-state index contributed by atoms with van der Waals surface area (Å²) in [6.45, 7) is 8.11. The van der Waals surface area contributed by atoms with Crippen LogP contribution in [0.1, 0.15) is 122 Å². The number of phenols is 1. The molecular weight excluding hydrogens is 492 g/mol. The minimum absolute atomic E-state index is 0.322. The number of aryl methyl sites for hydroxylation is 1. The number of aromatic hydroxyl groups is 1. The van der Waals surface area contributed by atoms with Gasteiger partial charge in [0.25, 0.3) is 0 Å². The van der Waals surface area contributed by atoms with Crippen LogP contribution < -0.4 is 9.47 Å². The van der Waals surface area contributed by atoms with Crippen LogP contribution in [0.3, 0.4) is 0 Å². The summed E-state index contributed by atoms with van der Waals surface area (Å²) in [6.07, 6.45) is 20.8. The predicted octanol–water partition coefficient (Wildman–Crippen LogP) is 11.6. The number of hydrogen-bond acceptors (Lipinski definition) is 3. The molecule has 40 heavy (non-hydrogen) atoms. The molecule has 0 bridgehead atoms. The molecule has 3 rings (SSSR count). The SMILES string of the molecule is CCCCCCCCCCCCOc1ccc2c(O)c(-c3ccc(OCCCCCCCC)cc3C)ccc2c1. The van der Waals surface area contributed by atoms with Gasteiger partial charge in [-0.15, -0.1) is 0 Å². The number of unbranched alkanes of at least 4 members (excludes halogenated alkanes) is 14. The minimum Gasteiger partial charge on any atom is -0.507 e. The molecule has 0 aromatic heterocycles. The number of ether oxygens (including phenoxy) is 2. The van der Waals surface area contributed by atoms with Gasteiger partial charge in [-0.1, -0.05) is 122 Å². The summed E-state index contributed by atoms with van der Waals surface area (Å²) in [5.41, 5.74) is 2.99. The Balaban J connectivity index is 1.45. The molecule has 0 aliphatic rings. The summed E-state index contributed by atoms with van der Waals surface area (Å²) in [7, 11) is 0. The second kappa shape index (κ2) is 18.6. The fourth-order valence-corrected chi connectivity index (χ4v) is 5.48. The minimum atomic E-state index is 0.322. The van der Waals surface area contributed by atoms with E-state index in [1.807, 2.05) is 30.3 Å². The molecule has 0 atom stereocenters. The summed E-state index contributed by atoms with van der Waals surface area (Å²) in [6, 6.07) is 16.3. The van der Waals surface area contributed by atoms with Crippen LogP contribution >= 0.6 is 0 Å². The van der Waals surface area contributed by atoms with Crippen molar-refractivity contribution in [3.05, 3.63) is 54.1 Å². The molecule has 0 aliphatic heterocycles. The van der Waals surface area contributed by atoms with Gasteiger partial charge in [-0.25, -0.2) is 0 Å². The first-order valence-corrected chi connectivity index (χ1v) is 16.3. The van der Waals surface area contributed by atoms with Crippen molar-refractivity contribution in [2.75, 3.05) is 13.2 Å². The molecular formula is C37H54O3. The van der Waals surface area contributed by atoms with Crippen molar-refractivity contribution < 1.29 is 14.6 Å². The molecule has 0 radical (unpaired) electrons. The number of phenolic OH excluding ortho intramolecular Hbond substituents is 1. The van der Waals surface area contributed by atoms with Gasteiger partial charge in [0.05, 0.1) is 13.2 Å². The highest BCUT2D eigenvalue weighted by Crippen LogP contribution is 2.39. The molecule has 0 aliphatic carbocycles. The summed E-state index contributed by atoms with van der Waals surface area (Å²) in [4.78, 5) is 0. The van der Waals surface area contributed by atoms with Crippen LogP contribution in [0.2, 0.25) is 0 Å². The van der Waals surface area contributed by atoms with Gasteiger partial charge in [0.2, 0.25) is 0 Å². The molecule has 0 unspecified atom stereocenters. The summed E-state index contributed by atoms with van der Waals surface area (Å²) < 4.78 is 12.0. The fraction of sp³-hybridized carbons (Fsp3) is 0.568. The Morgan fingerprint density at radius 1 is 0.525 bits per heavy atom. The van der Waals surface area contributed by atoms with Crippen LogP contribution in [-0.2, 0) is 0 Å². The first-order chi connectivity index (χ1) is 19.6. The quantitative estimate of drug-likeness (QED) is 0.135. The van der Waals surface area contributed by atoms with E-state index < -0.39 is 0 Å². The van der Waals surface area contributed by atoms with Crippen LogP contribution in [0.15, 0.2) is 48.5 Å². The van der Waals surface area contributed by atoms with Crippen molar-refractivity contribution in [2.24, 2.45) is 0 Å². The highest BCUT2D eigenvalue weighted by atomic mass is 16.5. The molecule has 0 heterocycles. The fourth-order valence-electron chi connectivity index (χ4n) is 5.48. The molecule has 0 fully saturated rings. The third-order valence-corrected chi connectivity index (χ3v) is 7.98. The van der Waals surface area contributed by atoms with E-state index in [0.717, 1.165) is 65.0 Å². The zero-order valence-electron chi connectivity index (χ0n) is 25.6. The Labute approximate surface area is 244 Å². The molecule has 3 aromatic carbocycles. The Kier molecular flexibility index (Phi) is 14.8. The molecule has 1 N–H and O–H groups in total. The van der Waals surface area contributed by atoms with Crippen LogP contribution in [0.25, 0.3) is 21.9 Å². The van der Waals surface area contributed by atoms with Crippen molar-refractivity contribution in [1.29, 1.82) is 0 Å². The summed E-state index contributed by atoms with van der Waals surface area (Å²) >= 11 is 0. The van der Waals surface area contributed by atoms with Crippen molar-refractivity contribution in [1.82, 2.24) is 0 Å². The first-order valence-electron chi connectivity index (χ1n) is 16.3. The first kappa shape index (κ1) is 31.8. The van der Waals surface area contributed by atoms with E-state index in [2.05, 4.69) is 39.0 Å². The summed E-state index contributed by atoms with van der Waals surface area (Å²) in [5, 5.41) is 13.0. The number of benzene rings is 3. The molecule has 0 spiro atoms. The third-order valence-electron chi connectivity index (χ3n) is 7.98. The zero-order chi connectivity index (χ0) is 28.4. The van der Waals surface area contributed by atoms with E-state index in [1.54, 1.807) is 0 Å². The van der Waals surface area contributed by atoms with Gasteiger partial charge in [0.15, 0.2) is 0 Å². The number of rotatable bonds is 21. The third kappa shape index (κ3) is 10.7. The largest absolute Gasteiger partial charge is 0.507 e.